The zero-order valence-corrected chi connectivity index (χ0v) is 18.2. The van der Waals surface area contributed by atoms with Crippen LogP contribution in [0, 0.1) is 6.92 Å². The van der Waals surface area contributed by atoms with E-state index in [4.69, 9.17) is 0 Å². The third-order valence-corrected chi connectivity index (χ3v) is 6.12. The molecule has 0 unspecified atom stereocenters. The Bertz CT molecular complexity index is 878. The fourth-order valence-electron chi connectivity index (χ4n) is 4.41. The van der Waals surface area contributed by atoms with E-state index in [0.717, 1.165) is 44.8 Å². The molecule has 7 nitrogen and oxygen atoms in total. The van der Waals surface area contributed by atoms with Crippen molar-refractivity contribution in [3.63, 3.8) is 0 Å². The highest BCUT2D eigenvalue weighted by molar-refractivity contribution is 5.99. The summed E-state index contributed by atoms with van der Waals surface area (Å²) in [5.41, 5.74) is 3.51. The average Bonchev–Trinajstić information content (AvgIpc) is 2.77. The molecule has 3 heterocycles. The number of carbonyl (C=O) groups excluding carboxylic acids is 2. The van der Waals surface area contributed by atoms with Gasteiger partial charge in [0.1, 0.15) is 0 Å². The normalized spacial score (nSPS) is 18.6. The van der Waals surface area contributed by atoms with Gasteiger partial charge < -0.3 is 4.90 Å². The van der Waals surface area contributed by atoms with Crippen LogP contribution in [0.2, 0.25) is 0 Å². The largest absolute Gasteiger partial charge is 0.369 e. The number of anilines is 1. The van der Waals surface area contributed by atoms with E-state index < -0.39 is 0 Å². The Kier molecular flexibility index (Phi) is 6.94. The first-order valence-electron chi connectivity index (χ1n) is 11.1. The molecule has 4 rings (SSSR count). The summed E-state index contributed by atoms with van der Waals surface area (Å²) in [6.45, 7) is 8.69. The fraction of sp³-hybridized carbons (Fsp3) is 0.458. The molecule has 1 aromatic carbocycles. The van der Waals surface area contributed by atoms with E-state index in [9.17, 15) is 9.59 Å². The van der Waals surface area contributed by atoms with Crippen LogP contribution in [0.1, 0.15) is 17.7 Å². The molecule has 2 amide bonds. The molecule has 0 atom stereocenters. The monoisotopic (exact) mass is 421 g/mol. The molecule has 0 aliphatic carbocycles. The van der Waals surface area contributed by atoms with Gasteiger partial charge >= 0.3 is 0 Å². The van der Waals surface area contributed by atoms with Gasteiger partial charge in [0, 0.05) is 51.2 Å². The van der Waals surface area contributed by atoms with Gasteiger partial charge in [-0.3, -0.25) is 29.3 Å². The minimum Gasteiger partial charge on any atom is -0.369 e. The molecular weight excluding hydrogens is 390 g/mol. The first kappa shape index (κ1) is 21.5. The lowest BCUT2D eigenvalue weighted by Gasteiger charge is -2.37. The molecule has 2 fully saturated rings. The van der Waals surface area contributed by atoms with Crippen molar-refractivity contribution in [2.45, 2.75) is 19.9 Å². The van der Waals surface area contributed by atoms with Gasteiger partial charge in [0.15, 0.2) is 0 Å². The Labute approximate surface area is 184 Å². The first-order valence-corrected chi connectivity index (χ1v) is 11.1. The van der Waals surface area contributed by atoms with Crippen molar-refractivity contribution < 1.29 is 9.59 Å². The van der Waals surface area contributed by atoms with Crippen molar-refractivity contribution in [1.29, 1.82) is 0 Å². The van der Waals surface area contributed by atoms with Gasteiger partial charge in [0.25, 0.3) is 0 Å². The summed E-state index contributed by atoms with van der Waals surface area (Å²) in [7, 11) is 0. The number of piperazine rings is 2. The second-order valence-electron chi connectivity index (χ2n) is 8.37. The summed E-state index contributed by atoms with van der Waals surface area (Å²) >= 11 is 0. The molecule has 7 heteroatoms. The van der Waals surface area contributed by atoms with Gasteiger partial charge in [-0.2, -0.15) is 0 Å². The van der Waals surface area contributed by atoms with Crippen molar-refractivity contribution in [1.82, 2.24) is 19.7 Å². The Morgan fingerprint density at radius 2 is 1.55 bits per heavy atom. The Morgan fingerprint density at radius 1 is 0.839 bits per heavy atom. The highest BCUT2D eigenvalue weighted by Gasteiger charge is 2.31. The lowest BCUT2D eigenvalue weighted by Crippen LogP contribution is -2.54. The highest BCUT2D eigenvalue weighted by atomic mass is 16.2. The Hall–Kier alpha value is -2.77. The summed E-state index contributed by atoms with van der Waals surface area (Å²) in [4.78, 5) is 37.6. The molecule has 0 spiro atoms. The van der Waals surface area contributed by atoms with Crippen molar-refractivity contribution in [2.24, 2.45) is 0 Å². The molecule has 2 saturated heterocycles. The minimum absolute atomic E-state index is 0.100. The molecule has 31 heavy (non-hydrogen) atoms. The van der Waals surface area contributed by atoms with Crippen molar-refractivity contribution in [3.8, 4) is 0 Å². The number of nitrogens with zero attached hydrogens (tertiary/aromatic N) is 5. The Balaban J connectivity index is 1.19. The highest BCUT2D eigenvalue weighted by Crippen LogP contribution is 2.20. The van der Waals surface area contributed by atoms with Crippen molar-refractivity contribution in [3.05, 3.63) is 59.9 Å². The number of imide groups is 1. The van der Waals surface area contributed by atoms with Crippen LogP contribution in [0.4, 0.5) is 5.69 Å². The maximum atomic E-state index is 12.5. The first-order chi connectivity index (χ1) is 15.1. The van der Waals surface area contributed by atoms with Crippen LogP contribution in [0.25, 0.3) is 0 Å². The van der Waals surface area contributed by atoms with Crippen molar-refractivity contribution in [2.75, 3.05) is 57.3 Å². The maximum absolute atomic E-state index is 12.5. The molecule has 2 aliphatic rings. The van der Waals surface area contributed by atoms with Crippen LogP contribution in [0.3, 0.4) is 0 Å². The Morgan fingerprint density at radius 3 is 2.23 bits per heavy atom. The predicted octanol–water partition coefficient (Wildman–Crippen LogP) is 1.77. The summed E-state index contributed by atoms with van der Waals surface area (Å²) in [6.07, 6.45) is 2.55. The molecule has 2 aromatic rings. The van der Waals surface area contributed by atoms with Crippen molar-refractivity contribution >= 4 is 17.5 Å². The van der Waals surface area contributed by atoms with E-state index in [1.165, 1.54) is 16.2 Å². The van der Waals surface area contributed by atoms with Crippen LogP contribution >= 0.6 is 0 Å². The number of pyridine rings is 1. The summed E-state index contributed by atoms with van der Waals surface area (Å²) in [5.74, 6) is -0.201. The number of hydrogen-bond donors (Lipinski definition) is 0. The standard InChI is InChI=1S/C24H31N5O2/c1-20-7-2-3-9-22(20)28-15-13-26(14-16-28)11-6-12-29-23(30)18-27(19-24(29)31)17-21-8-4-5-10-25-21/h2-5,7-10H,6,11-19H2,1H3. The van der Waals surface area contributed by atoms with Gasteiger partial charge in [-0.05, 0) is 43.7 Å². The summed E-state index contributed by atoms with van der Waals surface area (Å²) in [6, 6.07) is 14.2. The zero-order valence-electron chi connectivity index (χ0n) is 18.2. The number of rotatable bonds is 7. The van der Waals surface area contributed by atoms with Crippen LogP contribution in [0.5, 0.6) is 0 Å². The van der Waals surface area contributed by atoms with Crippen LogP contribution in [0.15, 0.2) is 48.7 Å². The molecule has 164 valence electrons. The topological polar surface area (TPSA) is 60.0 Å². The molecule has 0 saturated carbocycles. The number of carbonyl (C=O) groups is 2. The van der Waals surface area contributed by atoms with Gasteiger partial charge in [0.2, 0.25) is 11.8 Å². The maximum Gasteiger partial charge on any atom is 0.243 e. The van der Waals surface area contributed by atoms with Gasteiger partial charge in [-0.1, -0.05) is 24.3 Å². The lowest BCUT2D eigenvalue weighted by atomic mass is 10.1. The number of amides is 2. The fourth-order valence-corrected chi connectivity index (χ4v) is 4.41. The molecule has 0 radical (unpaired) electrons. The number of aromatic nitrogens is 1. The van der Waals surface area contributed by atoms with E-state index >= 15 is 0 Å². The SMILES string of the molecule is Cc1ccccc1N1CCN(CCCN2C(=O)CN(Cc3ccccn3)CC2=O)CC1. The molecule has 1 aromatic heterocycles. The number of hydrogen-bond acceptors (Lipinski definition) is 6. The van der Waals surface area contributed by atoms with Gasteiger partial charge in [-0.25, -0.2) is 0 Å². The number of para-hydroxylation sites is 1. The van der Waals surface area contributed by atoms with Crippen LogP contribution in [-0.4, -0.2) is 83.9 Å². The number of benzene rings is 1. The van der Waals surface area contributed by atoms with Gasteiger partial charge in [-0.15, -0.1) is 0 Å². The van der Waals surface area contributed by atoms with Crippen LogP contribution in [-0.2, 0) is 16.1 Å². The average molecular weight is 422 g/mol. The zero-order chi connectivity index (χ0) is 21.6. The van der Waals surface area contributed by atoms with E-state index in [-0.39, 0.29) is 24.9 Å². The van der Waals surface area contributed by atoms with E-state index in [2.05, 4.69) is 46.0 Å². The smallest absolute Gasteiger partial charge is 0.243 e. The minimum atomic E-state index is -0.100. The molecule has 0 N–H and O–H groups in total. The molecule has 0 bridgehead atoms. The summed E-state index contributed by atoms with van der Waals surface area (Å²) in [5, 5.41) is 0. The third-order valence-electron chi connectivity index (χ3n) is 6.12. The quantitative estimate of drug-likeness (QED) is 0.635. The summed E-state index contributed by atoms with van der Waals surface area (Å²) < 4.78 is 0. The molecular formula is C24H31N5O2. The second kappa shape index (κ2) is 10.0. The van der Waals surface area contributed by atoms with E-state index in [0.29, 0.717) is 13.1 Å². The van der Waals surface area contributed by atoms with Crippen LogP contribution < -0.4 is 4.90 Å². The van der Waals surface area contributed by atoms with E-state index in [1.54, 1.807) is 6.20 Å². The van der Waals surface area contributed by atoms with Gasteiger partial charge in [0.05, 0.1) is 18.8 Å². The third kappa shape index (κ3) is 5.48. The molecule has 2 aliphatic heterocycles. The van der Waals surface area contributed by atoms with E-state index in [1.807, 2.05) is 23.1 Å². The lowest BCUT2D eigenvalue weighted by molar-refractivity contribution is -0.151. The number of aryl methyl sites for hydroxylation is 1. The predicted molar refractivity (Wildman–Crippen MR) is 121 cm³/mol. The second-order valence-corrected chi connectivity index (χ2v) is 8.37.